The molecule has 1 rings (SSSR count). The molecule has 2 atom stereocenters. The number of rotatable bonds is 6. The molecule has 1 aromatic rings. The fraction of sp³-hybridized carbons (Fsp3) is 0.600. The van der Waals surface area contributed by atoms with E-state index in [0.717, 1.165) is 6.42 Å². The summed E-state index contributed by atoms with van der Waals surface area (Å²) in [7, 11) is 0. The Morgan fingerprint density at radius 1 is 1.06 bits per heavy atom. The maximum absolute atomic E-state index is 5.61. The Bertz CT molecular complexity index is 316. The van der Waals surface area contributed by atoms with Crippen LogP contribution < -0.4 is 11.1 Å². The van der Waals surface area contributed by atoms with E-state index in [9.17, 15) is 0 Å². The van der Waals surface area contributed by atoms with Gasteiger partial charge in [-0.05, 0) is 37.3 Å². The van der Waals surface area contributed by atoms with Gasteiger partial charge in [-0.2, -0.15) is 0 Å². The van der Waals surface area contributed by atoms with Crippen LogP contribution in [0, 0.1) is 5.92 Å². The lowest BCUT2D eigenvalue weighted by Gasteiger charge is -2.19. The molecule has 1 aromatic carbocycles. The number of benzene rings is 1. The Labute approximate surface area is 106 Å². The predicted octanol–water partition coefficient (Wildman–Crippen LogP) is 2.88. The molecule has 2 unspecified atom stereocenters. The summed E-state index contributed by atoms with van der Waals surface area (Å²) in [6.45, 7) is 9.48. The van der Waals surface area contributed by atoms with Crippen molar-refractivity contribution in [3.63, 3.8) is 0 Å². The van der Waals surface area contributed by atoms with Crippen molar-refractivity contribution >= 4 is 0 Å². The highest BCUT2D eigenvalue weighted by atomic mass is 15.0. The number of nitrogens with one attached hydrogen (secondary N) is 1. The Hall–Kier alpha value is -0.860. The number of hydrogen-bond acceptors (Lipinski definition) is 2. The molecule has 2 heteroatoms. The van der Waals surface area contributed by atoms with Crippen molar-refractivity contribution < 1.29 is 0 Å². The molecule has 0 aliphatic rings. The highest BCUT2D eigenvalue weighted by Crippen LogP contribution is 2.15. The molecule has 0 fully saturated rings. The summed E-state index contributed by atoms with van der Waals surface area (Å²) in [5.41, 5.74) is 8.37. The summed E-state index contributed by atoms with van der Waals surface area (Å²) in [6.07, 6.45) is 1.15. The number of hydrogen-bond donors (Lipinski definition) is 2. The predicted molar refractivity (Wildman–Crippen MR) is 75.1 cm³/mol. The van der Waals surface area contributed by atoms with Crippen LogP contribution in [0.4, 0.5) is 0 Å². The summed E-state index contributed by atoms with van der Waals surface area (Å²) in [5.74, 6) is 0.716. The third-order valence-corrected chi connectivity index (χ3v) is 3.01. The molecule has 0 radical (unpaired) electrons. The van der Waals surface area contributed by atoms with Gasteiger partial charge in [-0.1, -0.05) is 38.1 Å². The molecule has 0 bridgehead atoms. The second kappa shape index (κ2) is 6.77. The first-order valence-corrected chi connectivity index (χ1v) is 6.58. The molecule has 0 saturated carbocycles. The van der Waals surface area contributed by atoms with Crippen LogP contribution in [0.1, 0.15) is 44.9 Å². The van der Waals surface area contributed by atoms with Gasteiger partial charge >= 0.3 is 0 Å². The first-order chi connectivity index (χ1) is 8.02. The molecule has 2 nitrogen and oxygen atoms in total. The Morgan fingerprint density at radius 2 is 1.65 bits per heavy atom. The van der Waals surface area contributed by atoms with E-state index in [2.05, 4.69) is 57.3 Å². The molecule has 0 saturated heterocycles. The van der Waals surface area contributed by atoms with E-state index in [0.29, 0.717) is 24.5 Å². The van der Waals surface area contributed by atoms with Gasteiger partial charge in [0.2, 0.25) is 0 Å². The summed E-state index contributed by atoms with van der Waals surface area (Å²) in [4.78, 5) is 0. The maximum Gasteiger partial charge on any atom is 0.0294 e. The fourth-order valence-corrected chi connectivity index (χ4v) is 2.00. The first-order valence-electron chi connectivity index (χ1n) is 6.58. The van der Waals surface area contributed by atoms with Gasteiger partial charge in [-0.25, -0.2) is 0 Å². The fourth-order valence-electron chi connectivity index (χ4n) is 2.00. The van der Waals surface area contributed by atoms with Crippen LogP contribution in [-0.4, -0.2) is 12.6 Å². The van der Waals surface area contributed by atoms with Crippen molar-refractivity contribution in [3.8, 4) is 0 Å². The summed E-state index contributed by atoms with van der Waals surface area (Å²) >= 11 is 0. The highest BCUT2D eigenvalue weighted by Gasteiger charge is 2.08. The summed E-state index contributed by atoms with van der Waals surface area (Å²) in [6, 6.07) is 9.64. The monoisotopic (exact) mass is 234 g/mol. The average molecular weight is 234 g/mol. The lowest BCUT2D eigenvalue weighted by atomic mass is 10.00. The van der Waals surface area contributed by atoms with Crippen molar-refractivity contribution in [2.24, 2.45) is 11.7 Å². The second-order valence-corrected chi connectivity index (χ2v) is 5.36. The molecular weight excluding hydrogens is 208 g/mol. The molecule has 0 aliphatic carbocycles. The highest BCUT2D eigenvalue weighted by molar-refractivity contribution is 5.25. The van der Waals surface area contributed by atoms with E-state index in [-0.39, 0.29) is 0 Å². The van der Waals surface area contributed by atoms with Crippen LogP contribution in [0.25, 0.3) is 0 Å². The third kappa shape index (κ3) is 4.88. The zero-order chi connectivity index (χ0) is 12.8. The Balaban J connectivity index is 2.60. The van der Waals surface area contributed by atoms with Gasteiger partial charge < -0.3 is 11.1 Å². The van der Waals surface area contributed by atoms with Gasteiger partial charge in [-0.3, -0.25) is 0 Å². The standard InChI is InChI=1S/C15H26N2/c1-11(2)9-14-5-7-15(8-6-14)13(4)17-12(3)10-16/h5-8,11-13,17H,9-10,16H2,1-4H3. The molecule has 0 amide bonds. The largest absolute Gasteiger partial charge is 0.329 e. The van der Waals surface area contributed by atoms with Gasteiger partial charge in [-0.15, -0.1) is 0 Å². The van der Waals surface area contributed by atoms with E-state index in [4.69, 9.17) is 5.73 Å². The van der Waals surface area contributed by atoms with E-state index in [1.165, 1.54) is 11.1 Å². The van der Waals surface area contributed by atoms with Crippen LogP contribution in [-0.2, 0) is 6.42 Å². The topological polar surface area (TPSA) is 38.0 Å². The quantitative estimate of drug-likeness (QED) is 0.794. The minimum atomic E-state index is 0.361. The van der Waals surface area contributed by atoms with Crippen molar-refractivity contribution in [2.75, 3.05) is 6.54 Å². The van der Waals surface area contributed by atoms with Gasteiger partial charge in [0.1, 0.15) is 0 Å². The van der Waals surface area contributed by atoms with Crippen LogP contribution >= 0.6 is 0 Å². The van der Waals surface area contributed by atoms with Crippen molar-refractivity contribution in [2.45, 2.75) is 46.2 Å². The molecule has 0 spiro atoms. The molecule has 0 heterocycles. The Morgan fingerprint density at radius 3 is 2.12 bits per heavy atom. The van der Waals surface area contributed by atoms with Crippen molar-refractivity contribution in [1.29, 1.82) is 0 Å². The summed E-state index contributed by atoms with van der Waals surface area (Å²) in [5, 5.41) is 3.48. The van der Waals surface area contributed by atoms with Gasteiger partial charge in [0.15, 0.2) is 0 Å². The lowest BCUT2D eigenvalue weighted by molar-refractivity contribution is 0.485. The van der Waals surface area contributed by atoms with Gasteiger partial charge in [0.25, 0.3) is 0 Å². The van der Waals surface area contributed by atoms with Crippen LogP contribution in [0.5, 0.6) is 0 Å². The molecule has 17 heavy (non-hydrogen) atoms. The maximum atomic E-state index is 5.61. The smallest absolute Gasteiger partial charge is 0.0294 e. The zero-order valence-corrected chi connectivity index (χ0v) is 11.5. The zero-order valence-electron chi connectivity index (χ0n) is 11.5. The second-order valence-electron chi connectivity index (χ2n) is 5.36. The first kappa shape index (κ1) is 14.2. The van der Waals surface area contributed by atoms with Gasteiger partial charge in [0.05, 0.1) is 0 Å². The van der Waals surface area contributed by atoms with E-state index >= 15 is 0 Å². The van der Waals surface area contributed by atoms with Gasteiger partial charge in [0, 0.05) is 18.6 Å². The van der Waals surface area contributed by atoms with Crippen LogP contribution in [0.15, 0.2) is 24.3 Å². The van der Waals surface area contributed by atoms with E-state index in [1.54, 1.807) is 0 Å². The molecule has 3 N–H and O–H groups in total. The lowest BCUT2D eigenvalue weighted by Crippen LogP contribution is -2.35. The molecule has 0 aromatic heterocycles. The summed E-state index contributed by atoms with van der Waals surface area (Å²) < 4.78 is 0. The molecule has 96 valence electrons. The van der Waals surface area contributed by atoms with Crippen molar-refractivity contribution in [1.82, 2.24) is 5.32 Å². The SMILES string of the molecule is CC(C)Cc1ccc(C(C)NC(C)CN)cc1. The normalized spacial score (nSPS) is 14.9. The minimum Gasteiger partial charge on any atom is -0.329 e. The average Bonchev–Trinajstić information content (AvgIpc) is 2.28. The van der Waals surface area contributed by atoms with E-state index in [1.807, 2.05) is 0 Å². The number of nitrogens with two attached hydrogens (primary N) is 1. The molecule has 0 aliphatic heterocycles. The van der Waals surface area contributed by atoms with E-state index < -0.39 is 0 Å². The third-order valence-electron chi connectivity index (χ3n) is 3.01. The molecular formula is C15H26N2. The van der Waals surface area contributed by atoms with Crippen molar-refractivity contribution in [3.05, 3.63) is 35.4 Å². The van der Waals surface area contributed by atoms with Crippen LogP contribution in [0.3, 0.4) is 0 Å². The van der Waals surface area contributed by atoms with Crippen LogP contribution in [0.2, 0.25) is 0 Å². The Kier molecular flexibility index (Phi) is 5.66. The minimum absolute atomic E-state index is 0.361.